The molecular formula is C24H30ClN7O3. The molecule has 186 valence electrons. The maximum absolute atomic E-state index is 7.96. The molecule has 0 saturated heterocycles. The van der Waals surface area contributed by atoms with E-state index in [0.29, 0.717) is 46.2 Å². The minimum absolute atomic E-state index is 0.0910. The van der Waals surface area contributed by atoms with Crippen LogP contribution in [0.2, 0.25) is 5.28 Å². The van der Waals surface area contributed by atoms with Gasteiger partial charge in [-0.2, -0.15) is 9.97 Å². The molecule has 10 nitrogen and oxygen atoms in total. The average Bonchev–Trinajstić information content (AvgIpc) is 3.35. The fraction of sp³-hybridized carbons (Fsp3) is 0.417. The first-order valence-electron chi connectivity index (χ1n) is 11.5. The molecular weight excluding hydrogens is 470 g/mol. The number of benzene rings is 1. The molecule has 0 atom stereocenters. The van der Waals surface area contributed by atoms with Crippen LogP contribution in [0.1, 0.15) is 37.7 Å². The summed E-state index contributed by atoms with van der Waals surface area (Å²) in [6, 6.07) is 3.65. The zero-order valence-corrected chi connectivity index (χ0v) is 20.9. The first-order chi connectivity index (χ1) is 17.1. The highest BCUT2D eigenvalue weighted by Crippen LogP contribution is 2.39. The fourth-order valence-corrected chi connectivity index (χ4v) is 4.48. The molecule has 3 aromatic rings. The van der Waals surface area contributed by atoms with Crippen molar-refractivity contribution in [2.24, 2.45) is 5.92 Å². The van der Waals surface area contributed by atoms with Gasteiger partial charge in [0, 0.05) is 24.9 Å². The van der Waals surface area contributed by atoms with Crippen LogP contribution in [-0.4, -0.2) is 53.6 Å². The van der Waals surface area contributed by atoms with Crippen molar-refractivity contribution in [1.82, 2.24) is 19.5 Å². The van der Waals surface area contributed by atoms with Crippen molar-refractivity contribution >= 4 is 35.3 Å². The average molecular weight is 500 g/mol. The van der Waals surface area contributed by atoms with Crippen molar-refractivity contribution in [1.29, 1.82) is 5.41 Å². The number of methoxy groups -OCH3 is 3. The Bertz CT molecular complexity index is 1150. The number of anilines is 3. The molecule has 1 fully saturated rings. The monoisotopic (exact) mass is 499 g/mol. The Kier molecular flexibility index (Phi) is 7.91. The van der Waals surface area contributed by atoms with Gasteiger partial charge in [-0.05, 0) is 30.4 Å². The second kappa shape index (κ2) is 11.3. The summed E-state index contributed by atoms with van der Waals surface area (Å²) in [4.78, 5) is 13.1. The standard InChI is InChI=1S/C24H30ClN7O3/c1-33-18-9-16(10-19(34-2)21(18)35-3)32-13-20(28-14-32)29-23-17(11-26)22(30-24(25)31-23)27-12-15-7-5-4-6-8-15/h9-11,13-15,26H,4-8,12H2,1-3H3,(H2,27,29,30,31). The van der Waals surface area contributed by atoms with Crippen LogP contribution in [0.4, 0.5) is 17.5 Å². The maximum Gasteiger partial charge on any atom is 0.226 e. The van der Waals surface area contributed by atoms with Crippen molar-refractivity contribution in [3.63, 3.8) is 0 Å². The zero-order valence-electron chi connectivity index (χ0n) is 20.1. The molecule has 0 bridgehead atoms. The Morgan fingerprint density at radius 1 is 1.06 bits per heavy atom. The van der Waals surface area contributed by atoms with Crippen LogP contribution in [0.5, 0.6) is 17.2 Å². The van der Waals surface area contributed by atoms with Gasteiger partial charge < -0.3 is 34.8 Å². The molecule has 1 aliphatic carbocycles. The highest BCUT2D eigenvalue weighted by atomic mass is 35.5. The van der Waals surface area contributed by atoms with E-state index in [1.807, 2.05) is 16.7 Å². The Morgan fingerprint density at radius 2 is 1.74 bits per heavy atom. The second-order valence-electron chi connectivity index (χ2n) is 8.31. The molecule has 0 spiro atoms. The first-order valence-corrected chi connectivity index (χ1v) is 11.9. The SMILES string of the molecule is COc1cc(-n2cnc(Nc3nc(Cl)nc(NCC4CCCCC4)c3C=N)c2)cc(OC)c1OC. The van der Waals surface area contributed by atoms with Crippen molar-refractivity contribution in [3.05, 3.63) is 35.5 Å². The van der Waals surface area contributed by atoms with E-state index in [0.717, 1.165) is 12.2 Å². The third-order valence-electron chi connectivity index (χ3n) is 6.12. The van der Waals surface area contributed by atoms with Crippen LogP contribution in [-0.2, 0) is 0 Å². The quantitative estimate of drug-likeness (QED) is 0.261. The van der Waals surface area contributed by atoms with Gasteiger partial charge in [0.15, 0.2) is 11.5 Å². The van der Waals surface area contributed by atoms with Gasteiger partial charge in [0.05, 0.1) is 38.8 Å². The number of halogens is 1. The predicted octanol–water partition coefficient (Wildman–Crippen LogP) is 5.07. The summed E-state index contributed by atoms with van der Waals surface area (Å²) in [5, 5.41) is 14.6. The summed E-state index contributed by atoms with van der Waals surface area (Å²) >= 11 is 6.22. The molecule has 35 heavy (non-hydrogen) atoms. The van der Waals surface area contributed by atoms with E-state index in [-0.39, 0.29) is 5.28 Å². The number of hydrogen-bond donors (Lipinski definition) is 3. The van der Waals surface area contributed by atoms with Crippen molar-refractivity contribution in [2.45, 2.75) is 32.1 Å². The highest BCUT2D eigenvalue weighted by molar-refractivity contribution is 6.28. The molecule has 2 heterocycles. The van der Waals surface area contributed by atoms with E-state index in [9.17, 15) is 0 Å². The zero-order chi connectivity index (χ0) is 24.8. The number of nitrogens with zero attached hydrogens (tertiary/aromatic N) is 4. The lowest BCUT2D eigenvalue weighted by Crippen LogP contribution is -2.19. The van der Waals surface area contributed by atoms with Crippen LogP contribution in [0.15, 0.2) is 24.7 Å². The van der Waals surface area contributed by atoms with Crippen LogP contribution in [0.25, 0.3) is 5.69 Å². The molecule has 0 radical (unpaired) electrons. The molecule has 0 aliphatic heterocycles. The van der Waals surface area contributed by atoms with Crippen molar-refractivity contribution < 1.29 is 14.2 Å². The molecule has 2 aromatic heterocycles. The van der Waals surface area contributed by atoms with E-state index in [1.165, 1.54) is 38.3 Å². The van der Waals surface area contributed by atoms with Crippen LogP contribution in [0.3, 0.4) is 0 Å². The third kappa shape index (κ3) is 5.59. The molecule has 4 rings (SSSR count). The lowest BCUT2D eigenvalue weighted by molar-refractivity contribution is 0.324. The minimum atomic E-state index is 0.0910. The van der Waals surface area contributed by atoms with E-state index in [1.54, 1.807) is 33.9 Å². The van der Waals surface area contributed by atoms with E-state index in [4.69, 9.17) is 31.2 Å². The van der Waals surface area contributed by atoms with Gasteiger partial charge >= 0.3 is 0 Å². The van der Waals surface area contributed by atoms with Crippen LogP contribution in [0, 0.1) is 11.3 Å². The minimum Gasteiger partial charge on any atom is -0.493 e. The van der Waals surface area contributed by atoms with Gasteiger partial charge in [0.25, 0.3) is 0 Å². The van der Waals surface area contributed by atoms with Gasteiger partial charge in [0.1, 0.15) is 23.8 Å². The summed E-state index contributed by atoms with van der Waals surface area (Å²) < 4.78 is 18.1. The summed E-state index contributed by atoms with van der Waals surface area (Å²) in [6.45, 7) is 0.795. The summed E-state index contributed by atoms with van der Waals surface area (Å²) in [6.07, 6.45) is 10.9. The van der Waals surface area contributed by atoms with Gasteiger partial charge in [-0.15, -0.1) is 0 Å². The molecule has 1 saturated carbocycles. The molecule has 3 N–H and O–H groups in total. The summed E-state index contributed by atoms with van der Waals surface area (Å²) in [5.41, 5.74) is 1.29. The first kappa shape index (κ1) is 24.6. The topological polar surface area (TPSA) is 119 Å². The van der Waals surface area contributed by atoms with E-state index in [2.05, 4.69) is 25.6 Å². The Labute approximate surface area is 209 Å². The summed E-state index contributed by atoms with van der Waals surface area (Å²) in [7, 11) is 4.70. The fourth-order valence-electron chi connectivity index (χ4n) is 4.31. The lowest BCUT2D eigenvalue weighted by atomic mass is 9.89. The molecule has 0 unspecified atom stereocenters. The van der Waals surface area contributed by atoms with Crippen molar-refractivity contribution in [2.75, 3.05) is 38.5 Å². The molecule has 1 aliphatic rings. The van der Waals surface area contributed by atoms with Crippen LogP contribution >= 0.6 is 11.6 Å². The van der Waals surface area contributed by atoms with Gasteiger partial charge in [-0.25, -0.2) is 4.98 Å². The number of aromatic nitrogens is 4. The molecule has 0 amide bonds. The largest absolute Gasteiger partial charge is 0.493 e. The highest BCUT2D eigenvalue weighted by Gasteiger charge is 2.18. The number of hydrogen-bond acceptors (Lipinski definition) is 9. The molecule has 11 heteroatoms. The van der Waals surface area contributed by atoms with E-state index >= 15 is 0 Å². The third-order valence-corrected chi connectivity index (χ3v) is 6.29. The van der Waals surface area contributed by atoms with E-state index < -0.39 is 0 Å². The Hall–Kier alpha value is -3.53. The number of ether oxygens (including phenoxy) is 3. The normalized spacial score (nSPS) is 13.8. The predicted molar refractivity (Wildman–Crippen MR) is 136 cm³/mol. The van der Waals surface area contributed by atoms with Crippen LogP contribution < -0.4 is 24.8 Å². The lowest BCUT2D eigenvalue weighted by Gasteiger charge is -2.22. The smallest absolute Gasteiger partial charge is 0.226 e. The maximum atomic E-state index is 7.96. The Morgan fingerprint density at radius 3 is 2.37 bits per heavy atom. The van der Waals surface area contributed by atoms with Gasteiger partial charge in [-0.3, -0.25) is 0 Å². The number of nitrogens with one attached hydrogen (secondary N) is 3. The summed E-state index contributed by atoms with van der Waals surface area (Å²) in [5.74, 6) is 3.64. The Balaban J connectivity index is 1.57. The van der Waals surface area contributed by atoms with Crippen molar-refractivity contribution in [3.8, 4) is 22.9 Å². The molecule has 1 aromatic carbocycles. The van der Waals surface area contributed by atoms with Gasteiger partial charge in [0.2, 0.25) is 11.0 Å². The number of rotatable bonds is 10. The second-order valence-corrected chi connectivity index (χ2v) is 8.65. The number of imidazole rings is 1. The van der Waals surface area contributed by atoms with Gasteiger partial charge in [-0.1, -0.05) is 19.3 Å².